The minimum Gasteiger partial charge on any atom is -0.508 e. The van der Waals surface area contributed by atoms with Gasteiger partial charge in [0.1, 0.15) is 5.75 Å². The van der Waals surface area contributed by atoms with Crippen LogP contribution in [-0.2, 0) is 0 Å². The number of hydrogen-bond donors (Lipinski definition) is 3. The third kappa shape index (κ3) is 5.74. The molecule has 0 radical (unpaired) electrons. The molecule has 23 heavy (non-hydrogen) atoms. The van der Waals surface area contributed by atoms with E-state index >= 15 is 0 Å². The van der Waals surface area contributed by atoms with Crippen molar-refractivity contribution in [2.45, 2.75) is 18.9 Å². The first-order valence-corrected chi connectivity index (χ1v) is 7.69. The molecule has 3 N–H and O–H groups in total. The zero-order valence-electron chi connectivity index (χ0n) is 13.0. The molecular weight excluding hydrogens is 288 g/mol. The fraction of sp³-hybridized carbons (Fsp3) is 0.200. The second-order valence-corrected chi connectivity index (χ2v) is 5.34. The number of hydrogen-bond acceptors (Lipinski definition) is 3. The maximum absolute atomic E-state index is 9.92. The van der Waals surface area contributed by atoms with Gasteiger partial charge in [0.15, 0.2) is 0 Å². The Balaban J connectivity index is 2.19. The number of phenolic OH excluding ortho intramolecular Hbond substituents is 1. The summed E-state index contributed by atoms with van der Waals surface area (Å²) in [6.07, 6.45) is 5.95. The van der Waals surface area contributed by atoms with E-state index in [1.54, 1.807) is 24.3 Å². The predicted molar refractivity (Wildman–Crippen MR) is 93.9 cm³/mol. The van der Waals surface area contributed by atoms with Crippen molar-refractivity contribution in [3.8, 4) is 5.75 Å². The van der Waals surface area contributed by atoms with Gasteiger partial charge >= 0.3 is 0 Å². The van der Waals surface area contributed by atoms with Crippen LogP contribution in [0.5, 0.6) is 5.75 Å². The van der Waals surface area contributed by atoms with Gasteiger partial charge in [-0.3, -0.25) is 0 Å². The van der Waals surface area contributed by atoms with Crippen molar-refractivity contribution in [1.29, 1.82) is 0 Å². The lowest BCUT2D eigenvalue weighted by molar-refractivity contribution is 0.213. The summed E-state index contributed by atoms with van der Waals surface area (Å²) in [5, 5.41) is 28.1. The van der Waals surface area contributed by atoms with Gasteiger partial charge in [-0.1, -0.05) is 60.7 Å². The highest BCUT2D eigenvalue weighted by Crippen LogP contribution is 2.24. The van der Waals surface area contributed by atoms with E-state index in [-0.39, 0.29) is 12.4 Å². The van der Waals surface area contributed by atoms with Crippen LogP contribution < -0.4 is 0 Å². The molecule has 0 bridgehead atoms. The molecule has 0 aromatic heterocycles. The third-order valence-electron chi connectivity index (χ3n) is 3.55. The monoisotopic (exact) mass is 310 g/mol. The van der Waals surface area contributed by atoms with Crippen molar-refractivity contribution in [1.82, 2.24) is 0 Å². The van der Waals surface area contributed by atoms with Crippen molar-refractivity contribution in [3.05, 3.63) is 77.9 Å². The molecule has 0 aliphatic carbocycles. The Bertz CT molecular complexity index is 642. The maximum atomic E-state index is 9.92. The molecular formula is C20H22O3. The summed E-state index contributed by atoms with van der Waals surface area (Å²) in [7, 11) is 0. The molecule has 3 nitrogen and oxygen atoms in total. The van der Waals surface area contributed by atoms with Crippen LogP contribution in [-0.4, -0.2) is 28.0 Å². The molecule has 0 spiro atoms. The second-order valence-electron chi connectivity index (χ2n) is 5.34. The van der Waals surface area contributed by atoms with Gasteiger partial charge in [0.2, 0.25) is 0 Å². The van der Waals surface area contributed by atoms with Crippen LogP contribution in [0.1, 0.15) is 24.0 Å². The van der Waals surface area contributed by atoms with Crippen LogP contribution >= 0.6 is 0 Å². The van der Waals surface area contributed by atoms with Crippen LogP contribution in [0.3, 0.4) is 0 Å². The van der Waals surface area contributed by atoms with Crippen molar-refractivity contribution >= 4 is 11.6 Å². The third-order valence-corrected chi connectivity index (χ3v) is 3.55. The molecule has 1 atom stereocenters. The van der Waals surface area contributed by atoms with E-state index in [0.717, 1.165) is 16.7 Å². The summed E-state index contributed by atoms with van der Waals surface area (Å²) in [6.45, 7) is -0.0635. The first-order chi connectivity index (χ1) is 11.2. The second kappa shape index (κ2) is 8.93. The van der Waals surface area contributed by atoms with Gasteiger partial charge in [0.25, 0.3) is 0 Å². The number of aliphatic hydroxyl groups excluding tert-OH is 2. The molecule has 0 unspecified atom stereocenters. The Labute approximate surface area is 136 Å². The van der Waals surface area contributed by atoms with Gasteiger partial charge in [-0.15, -0.1) is 0 Å². The molecule has 120 valence electrons. The van der Waals surface area contributed by atoms with Crippen LogP contribution in [0.15, 0.2) is 66.7 Å². The van der Waals surface area contributed by atoms with Crippen molar-refractivity contribution in [2.75, 3.05) is 6.61 Å². The summed E-state index contributed by atoms with van der Waals surface area (Å²) in [6, 6.07) is 17.1. The molecule has 0 amide bonds. The Morgan fingerprint density at radius 2 is 1.70 bits per heavy atom. The topological polar surface area (TPSA) is 60.7 Å². The zero-order chi connectivity index (χ0) is 16.5. The van der Waals surface area contributed by atoms with E-state index < -0.39 is 6.10 Å². The van der Waals surface area contributed by atoms with Crippen LogP contribution in [0.2, 0.25) is 0 Å². The van der Waals surface area contributed by atoms with Gasteiger partial charge in [-0.2, -0.15) is 0 Å². The number of rotatable bonds is 7. The highest BCUT2D eigenvalue weighted by molar-refractivity contribution is 5.81. The SMILES string of the molecule is OC/C=C\[C@H](O)CC/C(=C/c1ccc(O)cc1)c1ccccc1. The number of phenols is 1. The molecule has 0 saturated heterocycles. The summed E-state index contributed by atoms with van der Waals surface area (Å²) >= 11 is 0. The van der Waals surface area contributed by atoms with Crippen LogP contribution in [0.25, 0.3) is 11.6 Å². The first kappa shape index (κ1) is 17.0. The molecule has 2 rings (SSSR count). The minimum absolute atomic E-state index is 0.0635. The number of aliphatic hydroxyl groups is 2. The van der Waals surface area contributed by atoms with Gasteiger partial charge < -0.3 is 15.3 Å². The normalized spacial score (nSPS) is 13.4. The van der Waals surface area contributed by atoms with Crippen LogP contribution in [0, 0.1) is 0 Å². The smallest absolute Gasteiger partial charge is 0.115 e. The molecule has 2 aromatic carbocycles. The lowest BCUT2D eigenvalue weighted by Gasteiger charge is -2.11. The van der Waals surface area contributed by atoms with E-state index in [1.165, 1.54) is 0 Å². The molecule has 3 heteroatoms. The summed E-state index contributed by atoms with van der Waals surface area (Å²) in [5.41, 5.74) is 3.23. The van der Waals surface area contributed by atoms with E-state index in [0.29, 0.717) is 12.8 Å². The van der Waals surface area contributed by atoms with Crippen molar-refractivity contribution < 1.29 is 15.3 Å². The Hall–Kier alpha value is -2.36. The van der Waals surface area contributed by atoms with Crippen molar-refractivity contribution in [3.63, 3.8) is 0 Å². The zero-order valence-corrected chi connectivity index (χ0v) is 13.0. The van der Waals surface area contributed by atoms with E-state index in [9.17, 15) is 10.2 Å². The van der Waals surface area contributed by atoms with E-state index in [4.69, 9.17) is 5.11 Å². The maximum Gasteiger partial charge on any atom is 0.115 e. The average Bonchev–Trinajstić information content (AvgIpc) is 2.59. The van der Waals surface area contributed by atoms with E-state index in [2.05, 4.69) is 6.08 Å². The summed E-state index contributed by atoms with van der Waals surface area (Å²) in [5.74, 6) is 0.243. The van der Waals surface area contributed by atoms with Gasteiger partial charge in [0, 0.05) is 0 Å². The minimum atomic E-state index is -0.575. The molecule has 0 saturated carbocycles. The number of aromatic hydroxyl groups is 1. The Morgan fingerprint density at radius 1 is 1.00 bits per heavy atom. The Morgan fingerprint density at radius 3 is 2.35 bits per heavy atom. The van der Waals surface area contributed by atoms with Crippen LogP contribution in [0.4, 0.5) is 0 Å². The molecule has 0 fully saturated rings. The lowest BCUT2D eigenvalue weighted by atomic mass is 9.97. The highest BCUT2D eigenvalue weighted by atomic mass is 16.3. The summed E-state index contributed by atoms with van der Waals surface area (Å²) in [4.78, 5) is 0. The Kier molecular flexibility index (Phi) is 6.60. The molecule has 2 aromatic rings. The quantitative estimate of drug-likeness (QED) is 0.541. The van der Waals surface area contributed by atoms with Gasteiger partial charge in [-0.25, -0.2) is 0 Å². The first-order valence-electron chi connectivity index (χ1n) is 7.69. The average molecular weight is 310 g/mol. The number of benzene rings is 2. The number of allylic oxidation sites excluding steroid dienone is 1. The molecule has 0 aliphatic heterocycles. The highest BCUT2D eigenvalue weighted by Gasteiger charge is 2.06. The largest absolute Gasteiger partial charge is 0.508 e. The van der Waals surface area contributed by atoms with E-state index in [1.807, 2.05) is 42.5 Å². The lowest BCUT2D eigenvalue weighted by Crippen LogP contribution is -2.02. The molecule has 0 heterocycles. The van der Waals surface area contributed by atoms with Gasteiger partial charge in [-0.05, 0) is 41.7 Å². The summed E-state index contributed by atoms with van der Waals surface area (Å²) < 4.78 is 0. The van der Waals surface area contributed by atoms with Gasteiger partial charge in [0.05, 0.1) is 12.7 Å². The molecule has 0 aliphatic rings. The standard InChI is InChI=1S/C20H22O3/c21-14-4-7-19(22)13-10-18(17-5-2-1-3-6-17)15-16-8-11-20(23)12-9-16/h1-9,11-12,15,19,21-23H,10,13-14H2/b7-4-,18-15-/t19-/m0/s1. The van der Waals surface area contributed by atoms with Crippen molar-refractivity contribution in [2.24, 2.45) is 0 Å². The fourth-order valence-electron chi connectivity index (χ4n) is 2.34. The predicted octanol–water partition coefficient (Wildman–Crippen LogP) is 3.62. The fourth-order valence-corrected chi connectivity index (χ4v) is 2.34.